The van der Waals surface area contributed by atoms with Gasteiger partial charge in [-0.1, -0.05) is 6.92 Å². The normalized spacial score (nSPS) is 10.8. The maximum Gasteiger partial charge on any atom is 0.227 e. The molecule has 160 valence electrons. The Morgan fingerprint density at radius 1 is 1.10 bits per heavy atom. The van der Waals surface area contributed by atoms with Gasteiger partial charge in [0, 0.05) is 13.3 Å². The van der Waals surface area contributed by atoms with E-state index >= 15 is 0 Å². The number of hydrogen-bond donors (Lipinski definition) is 1. The molecule has 1 N–H and O–H groups in total. The standard InChI is InChI=1S/C20H23F2N5O3/c1-4-13-7-17(29-3)19(22)16(18(13)21)12-30-15-9-23-20(24-10-15)26-14-8-25-27(11-14)5-6-28-2/h7-11H,4-6,12H2,1-3H3,(H,23,24,26). The lowest BCUT2D eigenvalue weighted by Crippen LogP contribution is -2.07. The third-order valence-corrected chi connectivity index (χ3v) is 4.36. The number of ether oxygens (including phenoxy) is 3. The fourth-order valence-corrected chi connectivity index (χ4v) is 2.73. The molecule has 0 saturated carbocycles. The maximum atomic E-state index is 14.5. The summed E-state index contributed by atoms with van der Waals surface area (Å²) in [5, 5.41) is 7.20. The van der Waals surface area contributed by atoms with E-state index in [1.165, 1.54) is 25.6 Å². The molecule has 0 amide bonds. The monoisotopic (exact) mass is 419 g/mol. The van der Waals surface area contributed by atoms with E-state index in [1.54, 1.807) is 31.1 Å². The van der Waals surface area contributed by atoms with Gasteiger partial charge in [0.15, 0.2) is 17.3 Å². The second kappa shape index (κ2) is 9.97. The number of methoxy groups -OCH3 is 2. The van der Waals surface area contributed by atoms with Crippen molar-refractivity contribution in [3.05, 3.63) is 53.6 Å². The van der Waals surface area contributed by atoms with E-state index < -0.39 is 11.6 Å². The van der Waals surface area contributed by atoms with Crippen LogP contribution in [-0.4, -0.2) is 40.6 Å². The molecule has 0 aliphatic carbocycles. The van der Waals surface area contributed by atoms with Crippen molar-refractivity contribution in [3.63, 3.8) is 0 Å². The summed E-state index contributed by atoms with van der Waals surface area (Å²) >= 11 is 0. The lowest BCUT2D eigenvalue weighted by atomic mass is 10.1. The fraction of sp³-hybridized carbons (Fsp3) is 0.350. The van der Waals surface area contributed by atoms with E-state index in [1.807, 2.05) is 0 Å². The molecule has 8 nitrogen and oxygen atoms in total. The number of rotatable bonds is 10. The first-order valence-corrected chi connectivity index (χ1v) is 9.32. The van der Waals surface area contributed by atoms with E-state index in [9.17, 15) is 8.78 Å². The number of aryl methyl sites for hydroxylation is 1. The second-order valence-corrected chi connectivity index (χ2v) is 6.34. The van der Waals surface area contributed by atoms with Crippen LogP contribution >= 0.6 is 0 Å². The van der Waals surface area contributed by atoms with Crippen molar-refractivity contribution in [2.75, 3.05) is 26.1 Å². The van der Waals surface area contributed by atoms with Crippen LogP contribution in [0.1, 0.15) is 18.1 Å². The first kappa shape index (κ1) is 21.4. The Balaban J connectivity index is 1.65. The highest BCUT2D eigenvalue weighted by molar-refractivity contribution is 5.50. The van der Waals surface area contributed by atoms with Gasteiger partial charge >= 0.3 is 0 Å². The van der Waals surface area contributed by atoms with Gasteiger partial charge in [-0.15, -0.1) is 0 Å². The Hall–Kier alpha value is -3.27. The lowest BCUT2D eigenvalue weighted by molar-refractivity contribution is 0.183. The van der Waals surface area contributed by atoms with E-state index in [0.717, 1.165) is 0 Å². The number of aromatic nitrogens is 4. The van der Waals surface area contributed by atoms with Crippen molar-refractivity contribution in [1.29, 1.82) is 0 Å². The summed E-state index contributed by atoms with van der Waals surface area (Å²) in [6.45, 7) is 2.65. The summed E-state index contributed by atoms with van der Waals surface area (Å²) in [5.74, 6) is -0.831. The molecule has 30 heavy (non-hydrogen) atoms. The summed E-state index contributed by atoms with van der Waals surface area (Å²) in [6.07, 6.45) is 6.68. The summed E-state index contributed by atoms with van der Waals surface area (Å²) in [4.78, 5) is 8.30. The summed E-state index contributed by atoms with van der Waals surface area (Å²) in [6, 6.07) is 1.36. The predicted octanol–water partition coefficient (Wildman–Crippen LogP) is 3.49. The lowest BCUT2D eigenvalue weighted by Gasteiger charge is -2.13. The van der Waals surface area contributed by atoms with E-state index in [4.69, 9.17) is 14.2 Å². The molecule has 0 spiro atoms. The minimum atomic E-state index is -0.781. The van der Waals surface area contributed by atoms with E-state index in [0.29, 0.717) is 36.8 Å². The largest absolute Gasteiger partial charge is 0.494 e. The van der Waals surface area contributed by atoms with Crippen molar-refractivity contribution in [2.45, 2.75) is 26.5 Å². The van der Waals surface area contributed by atoms with Crippen molar-refractivity contribution in [3.8, 4) is 11.5 Å². The second-order valence-electron chi connectivity index (χ2n) is 6.34. The van der Waals surface area contributed by atoms with Gasteiger partial charge in [0.05, 0.1) is 50.1 Å². The smallest absolute Gasteiger partial charge is 0.227 e. The Morgan fingerprint density at radius 2 is 1.87 bits per heavy atom. The number of anilines is 2. The van der Waals surface area contributed by atoms with Gasteiger partial charge in [-0.05, 0) is 18.1 Å². The number of halogens is 2. The van der Waals surface area contributed by atoms with Crippen LogP contribution in [0.4, 0.5) is 20.4 Å². The molecule has 0 aliphatic rings. The van der Waals surface area contributed by atoms with Crippen molar-refractivity contribution < 1.29 is 23.0 Å². The van der Waals surface area contributed by atoms with Crippen molar-refractivity contribution >= 4 is 11.6 Å². The SMILES string of the molecule is CCc1cc(OC)c(F)c(COc2cnc(Nc3cnn(CCOC)c3)nc2)c1F. The van der Waals surface area contributed by atoms with Gasteiger partial charge in [0.25, 0.3) is 0 Å². The van der Waals surface area contributed by atoms with E-state index in [-0.39, 0.29) is 23.7 Å². The van der Waals surface area contributed by atoms with Crippen LogP contribution in [0.15, 0.2) is 30.9 Å². The molecule has 2 aromatic heterocycles. The van der Waals surface area contributed by atoms with Crippen LogP contribution in [0.5, 0.6) is 11.5 Å². The molecule has 0 saturated heterocycles. The van der Waals surface area contributed by atoms with Gasteiger partial charge in [-0.2, -0.15) is 5.10 Å². The maximum absolute atomic E-state index is 14.5. The van der Waals surface area contributed by atoms with Gasteiger partial charge < -0.3 is 19.5 Å². The number of nitrogens with one attached hydrogen (secondary N) is 1. The van der Waals surface area contributed by atoms with Crippen molar-refractivity contribution in [1.82, 2.24) is 19.7 Å². The van der Waals surface area contributed by atoms with Crippen LogP contribution in [0.2, 0.25) is 0 Å². The molecule has 0 bridgehead atoms. The fourth-order valence-electron chi connectivity index (χ4n) is 2.73. The zero-order valence-corrected chi connectivity index (χ0v) is 17.0. The average molecular weight is 419 g/mol. The quantitative estimate of drug-likeness (QED) is 0.539. The Bertz CT molecular complexity index is 951. The van der Waals surface area contributed by atoms with Crippen LogP contribution in [0.25, 0.3) is 0 Å². The molecule has 0 unspecified atom stereocenters. The molecule has 3 aromatic rings. The van der Waals surface area contributed by atoms with Crippen molar-refractivity contribution in [2.24, 2.45) is 0 Å². The van der Waals surface area contributed by atoms with Crippen LogP contribution in [0.3, 0.4) is 0 Å². The first-order chi connectivity index (χ1) is 14.5. The Kier molecular flexibility index (Phi) is 7.12. The molecule has 10 heteroatoms. The molecule has 0 fully saturated rings. The molecule has 0 radical (unpaired) electrons. The molecule has 0 aliphatic heterocycles. The highest BCUT2D eigenvalue weighted by Gasteiger charge is 2.19. The molecule has 0 atom stereocenters. The van der Waals surface area contributed by atoms with Gasteiger partial charge in [0.1, 0.15) is 12.4 Å². The van der Waals surface area contributed by atoms with E-state index in [2.05, 4.69) is 20.4 Å². The minimum Gasteiger partial charge on any atom is -0.494 e. The molecule has 3 rings (SSSR count). The third-order valence-electron chi connectivity index (χ3n) is 4.36. The molecule has 1 aromatic carbocycles. The first-order valence-electron chi connectivity index (χ1n) is 9.32. The number of nitrogens with zero attached hydrogens (tertiary/aromatic N) is 4. The van der Waals surface area contributed by atoms with Gasteiger partial charge in [-0.3, -0.25) is 4.68 Å². The highest BCUT2D eigenvalue weighted by Crippen LogP contribution is 2.28. The molecular weight excluding hydrogens is 396 g/mol. The van der Waals surface area contributed by atoms with Crippen LogP contribution in [0, 0.1) is 11.6 Å². The summed E-state index contributed by atoms with van der Waals surface area (Å²) < 4.78 is 46.2. The van der Waals surface area contributed by atoms with Crippen LogP contribution in [-0.2, 0) is 24.3 Å². The predicted molar refractivity (Wildman–Crippen MR) is 106 cm³/mol. The summed E-state index contributed by atoms with van der Waals surface area (Å²) in [7, 11) is 2.96. The zero-order chi connectivity index (χ0) is 21.5. The van der Waals surface area contributed by atoms with Gasteiger partial charge in [0.2, 0.25) is 5.95 Å². The van der Waals surface area contributed by atoms with Gasteiger partial charge in [-0.25, -0.2) is 18.7 Å². The average Bonchev–Trinajstić information content (AvgIpc) is 3.20. The molecular formula is C20H23F2N5O3. The third kappa shape index (κ3) is 5.01. The Morgan fingerprint density at radius 3 is 2.53 bits per heavy atom. The topological polar surface area (TPSA) is 83.3 Å². The summed E-state index contributed by atoms with van der Waals surface area (Å²) in [5.41, 5.74) is 0.873. The Labute approximate surface area is 172 Å². The highest BCUT2D eigenvalue weighted by atomic mass is 19.1. The number of hydrogen-bond acceptors (Lipinski definition) is 7. The minimum absolute atomic E-state index is 0.0197. The zero-order valence-electron chi connectivity index (χ0n) is 17.0. The van der Waals surface area contributed by atoms with Crippen LogP contribution < -0.4 is 14.8 Å². The number of benzene rings is 1. The molecule has 2 heterocycles.